The number of fused-ring (bicyclic) bond motifs is 2. The third-order valence-corrected chi connectivity index (χ3v) is 7.31. The Morgan fingerprint density at radius 2 is 1.77 bits per heavy atom. The highest BCUT2D eigenvalue weighted by Gasteiger charge is 2.40. The van der Waals surface area contributed by atoms with Gasteiger partial charge in [-0.2, -0.15) is 0 Å². The molecule has 3 aromatic rings. The van der Waals surface area contributed by atoms with Crippen molar-refractivity contribution in [3.05, 3.63) is 65.5 Å². The van der Waals surface area contributed by atoms with Crippen molar-refractivity contribution in [2.24, 2.45) is 17.8 Å². The first-order chi connectivity index (χ1) is 15.1. The van der Waals surface area contributed by atoms with Crippen LogP contribution in [0.5, 0.6) is 0 Å². The molecule has 6 heteroatoms. The Labute approximate surface area is 185 Å². The van der Waals surface area contributed by atoms with Gasteiger partial charge < -0.3 is 10.6 Å². The molecule has 0 saturated heterocycles. The smallest absolute Gasteiger partial charge is 0.255 e. The topological polar surface area (TPSA) is 71.1 Å². The maximum atomic E-state index is 12.5. The predicted molar refractivity (Wildman–Crippen MR) is 124 cm³/mol. The van der Waals surface area contributed by atoms with Crippen molar-refractivity contribution in [2.45, 2.75) is 32.1 Å². The van der Waals surface area contributed by atoms with Gasteiger partial charge in [0.2, 0.25) is 5.91 Å². The number of nitrogens with zero attached hydrogens (tertiary/aromatic N) is 1. The van der Waals surface area contributed by atoms with Crippen molar-refractivity contribution in [2.75, 3.05) is 10.6 Å². The summed E-state index contributed by atoms with van der Waals surface area (Å²) < 4.78 is 0. The molecule has 2 aliphatic carbocycles. The van der Waals surface area contributed by atoms with Crippen molar-refractivity contribution in [1.29, 1.82) is 0 Å². The molecule has 3 atom stereocenters. The maximum Gasteiger partial charge on any atom is 0.255 e. The summed E-state index contributed by atoms with van der Waals surface area (Å²) in [7, 11) is 0. The summed E-state index contributed by atoms with van der Waals surface area (Å²) in [4.78, 5) is 29.3. The van der Waals surface area contributed by atoms with Gasteiger partial charge in [-0.3, -0.25) is 9.59 Å². The zero-order chi connectivity index (χ0) is 21.2. The number of thiazole rings is 1. The molecule has 2 N–H and O–H groups in total. The molecule has 158 valence electrons. The minimum absolute atomic E-state index is 0.0809. The van der Waals surface area contributed by atoms with Gasteiger partial charge in [0.1, 0.15) is 0 Å². The van der Waals surface area contributed by atoms with E-state index in [-0.39, 0.29) is 11.8 Å². The number of nitrogens with one attached hydrogen (secondary N) is 2. The van der Waals surface area contributed by atoms with Crippen LogP contribution in [-0.2, 0) is 4.79 Å². The van der Waals surface area contributed by atoms with Crippen molar-refractivity contribution in [1.82, 2.24) is 4.98 Å². The number of anilines is 2. The van der Waals surface area contributed by atoms with E-state index in [9.17, 15) is 9.59 Å². The molecule has 0 aliphatic heterocycles. The molecule has 2 saturated carbocycles. The molecule has 31 heavy (non-hydrogen) atoms. The van der Waals surface area contributed by atoms with Crippen LogP contribution in [0.15, 0.2) is 60.0 Å². The maximum absolute atomic E-state index is 12.5. The quantitative estimate of drug-likeness (QED) is 0.516. The zero-order valence-corrected chi connectivity index (χ0v) is 18.0. The predicted octanol–water partition coefficient (Wildman–Crippen LogP) is 5.83. The van der Waals surface area contributed by atoms with E-state index in [0.29, 0.717) is 23.0 Å². The molecule has 2 aromatic carbocycles. The summed E-state index contributed by atoms with van der Waals surface area (Å²) in [5.41, 5.74) is 3.12. The van der Waals surface area contributed by atoms with Crippen LogP contribution in [0.25, 0.3) is 11.3 Å². The van der Waals surface area contributed by atoms with E-state index in [1.165, 1.54) is 37.0 Å². The normalized spacial score (nSPS) is 21.7. The summed E-state index contributed by atoms with van der Waals surface area (Å²) in [6.45, 7) is 0. The Balaban J connectivity index is 1.17. The number of benzene rings is 2. The Morgan fingerprint density at radius 1 is 0.968 bits per heavy atom. The summed E-state index contributed by atoms with van der Waals surface area (Å²) in [6.07, 6.45) is 5.81. The second-order valence-electron chi connectivity index (χ2n) is 8.62. The molecule has 0 radical (unpaired) electrons. The monoisotopic (exact) mass is 431 g/mol. The Hall–Kier alpha value is -2.99. The van der Waals surface area contributed by atoms with E-state index in [1.54, 1.807) is 12.1 Å². The summed E-state index contributed by atoms with van der Waals surface area (Å²) in [5.74, 6) is 2.11. The lowest BCUT2D eigenvalue weighted by atomic mass is 9.86. The summed E-state index contributed by atoms with van der Waals surface area (Å²) >= 11 is 1.45. The van der Waals surface area contributed by atoms with Gasteiger partial charge in [-0.1, -0.05) is 36.8 Å². The first kappa shape index (κ1) is 19.9. The number of aromatic nitrogens is 1. The van der Waals surface area contributed by atoms with E-state index in [0.717, 1.165) is 28.8 Å². The average Bonchev–Trinajstić information content (AvgIpc) is 3.52. The molecule has 5 nitrogen and oxygen atoms in total. The van der Waals surface area contributed by atoms with E-state index in [4.69, 9.17) is 0 Å². The van der Waals surface area contributed by atoms with Gasteiger partial charge in [-0.15, -0.1) is 11.3 Å². The van der Waals surface area contributed by atoms with Crippen LogP contribution >= 0.6 is 11.3 Å². The van der Waals surface area contributed by atoms with Crippen molar-refractivity contribution >= 4 is 34.0 Å². The largest absolute Gasteiger partial charge is 0.322 e. The van der Waals surface area contributed by atoms with Crippen molar-refractivity contribution in [3.63, 3.8) is 0 Å². The second kappa shape index (κ2) is 8.63. The standard InChI is InChI=1S/C25H25N3O2S/c29-23(14-20-13-16-6-7-19(20)12-16)28-25-27-22(15-31-25)17-8-10-21(11-9-17)26-24(30)18-4-2-1-3-5-18/h1-5,8-11,15-16,19-20H,6-7,12-14H2,(H,26,30)(H,27,28,29)/t16-,19-,20-/m0/s1. The van der Waals surface area contributed by atoms with Crippen molar-refractivity contribution < 1.29 is 9.59 Å². The SMILES string of the molecule is O=C(C[C@@H]1C[C@H]2CC[C@H]1C2)Nc1nc(-c2ccc(NC(=O)c3ccccc3)cc2)cs1. The minimum Gasteiger partial charge on any atom is -0.322 e. The third kappa shape index (κ3) is 4.54. The van der Waals surface area contributed by atoms with Gasteiger partial charge >= 0.3 is 0 Å². The summed E-state index contributed by atoms with van der Waals surface area (Å²) in [5, 5.41) is 8.48. The van der Waals surface area contributed by atoms with Gasteiger partial charge in [-0.05, 0) is 61.3 Å². The lowest BCUT2D eigenvalue weighted by Gasteiger charge is -2.20. The number of carbonyl (C=O) groups excluding carboxylic acids is 2. The zero-order valence-electron chi connectivity index (χ0n) is 17.2. The van der Waals surface area contributed by atoms with E-state index >= 15 is 0 Å². The van der Waals surface area contributed by atoms with Crippen LogP contribution in [0.3, 0.4) is 0 Å². The number of rotatable bonds is 6. The highest BCUT2D eigenvalue weighted by atomic mass is 32.1. The third-order valence-electron chi connectivity index (χ3n) is 6.56. The van der Waals surface area contributed by atoms with E-state index in [1.807, 2.05) is 47.8 Å². The Bertz CT molecular complexity index is 1080. The fraction of sp³-hybridized carbons (Fsp3) is 0.320. The minimum atomic E-state index is -0.137. The van der Waals surface area contributed by atoms with Crippen LogP contribution in [0.4, 0.5) is 10.8 Å². The van der Waals surface area contributed by atoms with Crippen LogP contribution in [0.2, 0.25) is 0 Å². The number of hydrogen-bond acceptors (Lipinski definition) is 4. The molecular formula is C25H25N3O2S. The van der Waals surface area contributed by atoms with Gasteiger partial charge in [-0.25, -0.2) is 4.98 Å². The van der Waals surface area contributed by atoms with Gasteiger partial charge in [0.25, 0.3) is 5.91 Å². The van der Waals surface area contributed by atoms with Gasteiger partial charge in [0.05, 0.1) is 5.69 Å². The average molecular weight is 432 g/mol. The first-order valence-electron chi connectivity index (χ1n) is 10.9. The lowest BCUT2D eigenvalue weighted by molar-refractivity contribution is -0.117. The fourth-order valence-corrected chi connectivity index (χ4v) is 5.75. The number of hydrogen-bond donors (Lipinski definition) is 2. The van der Waals surface area contributed by atoms with E-state index in [2.05, 4.69) is 15.6 Å². The second-order valence-corrected chi connectivity index (χ2v) is 9.48. The molecule has 0 unspecified atom stereocenters. The van der Waals surface area contributed by atoms with Crippen molar-refractivity contribution in [3.8, 4) is 11.3 Å². The summed E-state index contributed by atoms with van der Waals surface area (Å²) in [6, 6.07) is 16.7. The number of carbonyl (C=O) groups is 2. The molecule has 1 aromatic heterocycles. The molecular weight excluding hydrogens is 406 g/mol. The van der Waals surface area contributed by atoms with Crippen LogP contribution in [-0.4, -0.2) is 16.8 Å². The van der Waals surface area contributed by atoms with Crippen LogP contribution in [0.1, 0.15) is 42.5 Å². The number of amides is 2. The molecule has 2 aliphatic rings. The first-order valence-corrected chi connectivity index (χ1v) is 11.7. The lowest BCUT2D eigenvalue weighted by Crippen LogP contribution is -2.20. The molecule has 5 rings (SSSR count). The molecule has 2 bridgehead atoms. The molecule has 0 spiro atoms. The molecule has 2 fully saturated rings. The fourth-order valence-electron chi connectivity index (χ4n) is 5.02. The van der Waals surface area contributed by atoms with Gasteiger partial charge in [0.15, 0.2) is 5.13 Å². The Morgan fingerprint density at radius 3 is 2.48 bits per heavy atom. The van der Waals surface area contributed by atoms with Crippen LogP contribution < -0.4 is 10.6 Å². The highest BCUT2D eigenvalue weighted by Crippen LogP contribution is 2.49. The molecule has 2 amide bonds. The van der Waals surface area contributed by atoms with E-state index < -0.39 is 0 Å². The molecule has 1 heterocycles. The highest BCUT2D eigenvalue weighted by molar-refractivity contribution is 7.14. The Kier molecular flexibility index (Phi) is 5.55. The van der Waals surface area contributed by atoms with Gasteiger partial charge in [0, 0.05) is 28.6 Å². The van der Waals surface area contributed by atoms with Crippen LogP contribution in [0, 0.1) is 17.8 Å².